The van der Waals surface area contributed by atoms with Crippen LogP contribution in [0.5, 0.6) is 0 Å². The van der Waals surface area contributed by atoms with Gasteiger partial charge in [0.05, 0.1) is 11.7 Å². The first-order valence-electron chi connectivity index (χ1n) is 7.74. The molecule has 0 aromatic heterocycles. The van der Waals surface area contributed by atoms with E-state index in [1.807, 2.05) is 31.2 Å². The third-order valence-corrected chi connectivity index (χ3v) is 6.08. The van der Waals surface area contributed by atoms with Crippen molar-refractivity contribution >= 4 is 15.9 Å². The third-order valence-electron chi connectivity index (χ3n) is 4.23. The highest BCUT2D eigenvalue weighted by atomic mass is 32.2. The second kappa shape index (κ2) is 7.24. The number of sulfonamides is 1. The van der Waals surface area contributed by atoms with Crippen LogP contribution < -0.4 is 5.32 Å². The summed E-state index contributed by atoms with van der Waals surface area (Å²) in [4.78, 5) is 12.3. The SMILES string of the molecule is CCS(=O)(=O)N1CCCC(C(=O)NCc2ccccc2C)C1. The van der Waals surface area contributed by atoms with Gasteiger partial charge in [-0.3, -0.25) is 4.79 Å². The highest BCUT2D eigenvalue weighted by molar-refractivity contribution is 7.89. The highest BCUT2D eigenvalue weighted by Gasteiger charge is 2.31. The number of aryl methyl sites for hydroxylation is 1. The molecular weight excluding hydrogens is 300 g/mol. The monoisotopic (exact) mass is 324 g/mol. The molecule has 22 heavy (non-hydrogen) atoms. The highest BCUT2D eigenvalue weighted by Crippen LogP contribution is 2.20. The average molecular weight is 324 g/mol. The van der Waals surface area contributed by atoms with Gasteiger partial charge in [0.25, 0.3) is 0 Å². The smallest absolute Gasteiger partial charge is 0.224 e. The Morgan fingerprint density at radius 1 is 1.36 bits per heavy atom. The summed E-state index contributed by atoms with van der Waals surface area (Å²) in [6.45, 7) is 4.96. The van der Waals surface area contributed by atoms with E-state index in [-0.39, 0.29) is 17.6 Å². The number of benzene rings is 1. The predicted octanol–water partition coefficient (Wildman–Crippen LogP) is 1.67. The summed E-state index contributed by atoms with van der Waals surface area (Å²) in [5.41, 5.74) is 2.23. The molecule has 1 amide bonds. The molecule has 6 heteroatoms. The quantitative estimate of drug-likeness (QED) is 0.896. The molecule has 0 aliphatic carbocycles. The zero-order chi connectivity index (χ0) is 16.2. The van der Waals surface area contributed by atoms with Gasteiger partial charge in [-0.05, 0) is 37.8 Å². The lowest BCUT2D eigenvalue weighted by Crippen LogP contribution is -2.45. The molecule has 1 heterocycles. The van der Waals surface area contributed by atoms with Crippen LogP contribution in [0.15, 0.2) is 24.3 Å². The van der Waals surface area contributed by atoms with Crippen molar-refractivity contribution in [2.24, 2.45) is 5.92 Å². The van der Waals surface area contributed by atoms with Gasteiger partial charge in [0, 0.05) is 19.6 Å². The molecule has 1 fully saturated rings. The van der Waals surface area contributed by atoms with Crippen LogP contribution in [0.25, 0.3) is 0 Å². The molecule has 0 radical (unpaired) electrons. The van der Waals surface area contributed by atoms with E-state index in [9.17, 15) is 13.2 Å². The van der Waals surface area contributed by atoms with E-state index in [1.165, 1.54) is 4.31 Å². The van der Waals surface area contributed by atoms with Crippen molar-refractivity contribution in [1.82, 2.24) is 9.62 Å². The number of carbonyl (C=O) groups excluding carboxylic acids is 1. The fourth-order valence-corrected chi connectivity index (χ4v) is 3.91. The van der Waals surface area contributed by atoms with Crippen LogP contribution in [0.3, 0.4) is 0 Å². The van der Waals surface area contributed by atoms with Gasteiger partial charge < -0.3 is 5.32 Å². The summed E-state index contributed by atoms with van der Waals surface area (Å²) >= 11 is 0. The summed E-state index contributed by atoms with van der Waals surface area (Å²) in [5.74, 6) is -0.219. The first kappa shape index (κ1) is 17.0. The maximum absolute atomic E-state index is 12.3. The molecule has 1 aliphatic heterocycles. The topological polar surface area (TPSA) is 66.5 Å². The minimum atomic E-state index is -3.21. The normalized spacial score (nSPS) is 19.8. The second-order valence-corrected chi connectivity index (χ2v) is 8.00. The molecule has 122 valence electrons. The zero-order valence-corrected chi connectivity index (χ0v) is 14.0. The molecule has 2 rings (SSSR count). The molecule has 1 N–H and O–H groups in total. The number of hydrogen-bond donors (Lipinski definition) is 1. The molecule has 0 bridgehead atoms. The largest absolute Gasteiger partial charge is 0.352 e. The number of nitrogens with one attached hydrogen (secondary N) is 1. The number of nitrogens with zero attached hydrogens (tertiary/aromatic N) is 1. The first-order valence-corrected chi connectivity index (χ1v) is 9.35. The Morgan fingerprint density at radius 2 is 2.09 bits per heavy atom. The van der Waals surface area contributed by atoms with Crippen LogP contribution in [-0.2, 0) is 21.4 Å². The summed E-state index contributed by atoms with van der Waals surface area (Å²) in [5, 5.41) is 2.94. The number of rotatable bonds is 5. The Balaban J connectivity index is 1.94. The van der Waals surface area contributed by atoms with Crippen LogP contribution in [0, 0.1) is 12.8 Å². The van der Waals surface area contributed by atoms with Crippen LogP contribution in [0.4, 0.5) is 0 Å². The number of piperidine rings is 1. The zero-order valence-electron chi connectivity index (χ0n) is 13.2. The third kappa shape index (κ3) is 4.08. The van der Waals surface area contributed by atoms with Crippen molar-refractivity contribution in [3.8, 4) is 0 Å². The summed E-state index contributed by atoms with van der Waals surface area (Å²) < 4.78 is 25.3. The summed E-state index contributed by atoms with van der Waals surface area (Å²) in [7, 11) is -3.21. The molecule has 1 saturated heterocycles. The molecule has 1 atom stereocenters. The predicted molar refractivity (Wildman–Crippen MR) is 86.8 cm³/mol. The van der Waals surface area contributed by atoms with Crippen LogP contribution in [0.2, 0.25) is 0 Å². The Hall–Kier alpha value is -1.40. The lowest BCUT2D eigenvalue weighted by molar-refractivity contribution is -0.126. The Kier molecular flexibility index (Phi) is 5.58. The molecule has 0 spiro atoms. The molecule has 0 saturated carbocycles. The van der Waals surface area contributed by atoms with Gasteiger partial charge in [-0.2, -0.15) is 0 Å². The minimum absolute atomic E-state index is 0.0562. The van der Waals surface area contributed by atoms with E-state index in [2.05, 4.69) is 5.32 Å². The second-order valence-electron chi connectivity index (χ2n) is 5.74. The van der Waals surface area contributed by atoms with Crippen molar-refractivity contribution in [2.75, 3.05) is 18.8 Å². The average Bonchev–Trinajstić information content (AvgIpc) is 2.54. The van der Waals surface area contributed by atoms with Gasteiger partial charge in [-0.1, -0.05) is 24.3 Å². The maximum Gasteiger partial charge on any atom is 0.224 e. The molecular formula is C16H24N2O3S. The number of hydrogen-bond acceptors (Lipinski definition) is 3. The van der Waals surface area contributed by atoms with E-state index in [0.29, 0.717) is 19.6 Å². The Morgan fingerprint density at radius 3 is 2.77 bits per heavy atom. The standard InChI is InChI=1S/C16H24N2O3S/c1-3-22(20,21)18-10-6-9-15(12-18)16(19)17-11-14-8-5-4-7-13(14)2/h4-5,7-8,15H,3,6,9-12H2,1-2H3,(H,17,19). The van der Waals surface area contributed by atoms with Crippen LogP contribution in [-0.4, -0.2) is 37.5 Å². The first-order chi connectivity index (χ1) is 10.4. The summed E-state index contributed by atoms with van der Waals surface area (Å²) in [6, 6.07) is 7.92. The summed E-state index contributed by atoms with van der Waals surface area (Å²) in [6.07, 6.45) is 1.48. The van der Waals surface area contributed by atoms with E-state index >= 15 is 0 Å². The van der Waals surface area contributed by atoms with Gasteiger partial charge in [-0.25, -0.2) is 12.7 Å². The minimum Gasteiger partial charge on any atom is -0.352 e. The lowest BCUT2D eigenvalue weighted by atomic mass is 9.98. The number of carbonyl (C=O) groups is 1. The molecule has 1 aromatic carbocycles. The van der Waals surface area contributed by atoms with Crippen molar-refractivity contribution in [3.05, 3.63) is 35.4 Å². The Labute approximate surface area is 132 Å². The van der Waals surface area contributed by atoms with Crippen molar-refractivity contribution < 1.29 is 13.2 Å². The van der Waals surface area contributed by atoms with Crippen LogP contribution >= 0.6 is 0 Å². The maximum atomic E-state index is 12.3. The van der Waals surface area contributed by atoms with Gasteiger partial charge in [0.15, 0.2) is 0 Å². The van der Waals surface area contributed by atoms with Gasteiger partial charge >= 0.3 is 0 Å². The molecule has 1 aliphatic rings. The van der Waals surface area contributed by atoms with E-state index in [0.717, 1.165) is 24.0 Å². The van der Waals surface area contributed by atoms with E-state index < -0.39 is 10.0 Å². The number of amides is 1. The Bertz CT molecular complexity index is 628. The molecule has 1 aromatic rings. The van der Waals surface area contributed by atoms with Crippen LogP contribution in [0.1, 0.15) is 30.9 Å². The lowest BCUT2D eigenvalue weighted by Gasteiger charge is -2.30. The van der Waals surface area contributed by atoms with Crippen molar-refractivity contribution in [3.63, 3.8) is 0 Å². The van der Waals surface area contributed by atoms with E-state index in [4.69, 9.17) is 0 Å². The van der Waals surface area contributed by atoms with Gasteiger partial charge in [-0.15, -0.1) is 0 Å². The van der Waals surface area contributed by atoms with Gasteiger partial charge in [0.1, 0.15) is 0 Å². The fourth-order valence-electron chi connectivity index (χ4n) is 2.73. The van der Waals surface area contributed by atoms with Gasteiger partial charge in [0.2, 0.25) is 15.9 Å². The van der Waals surface area contributed by atoms with E-state index in [1.54, 1.807) is 6.92 Å². The van der Waals surface area contributed by atoms with Crippen molar-refractivity contribution in [1.29, 1.82) is 0 Å². The van der Waals surface area contributed by atoms with Crippen molar-refractivity contribution in [2.45, 2.75) is 33.2 Å². The molecule has 1 unspecified atom stereocenters. The fraction of sp³-hybridized carbons (Fsp3) is 0.562. The molecule has 5 nitrogen and oxygen atoms in total.